The topological polar surface area (TPSA) is 55.1 Å². The normalized spacial score (nSPS) is 21.8. The van der Waals surface area contributed by atoms with E-state index < -0.39 is 0 Å². The van der Waals surface area contributed by atoms with Crippen LogP contribution in [0.1, 0.15) is 49.0 Å². The minimum Gasteiger partial charge on any atom is -0.340 e. The van der Waals surface area contributed by atoms with Gasteiger partial charge in [-0.25, -0.2) is 0 Å². The van der Waals surface area contributed by atoms with Crippen molar-refractivity contribution in [2.24, 2.45) is 0 Å². The molecule has 0 saturated carbocycles. The zero-order chi connectivity index (χ0) is 13.9. The highest BCUT2D eigenvalue weighted by Crippen LogP contribution is 2.30. The molecule has 0 aromatic carbocycles. The summed E-state index contributed by atoms with van der Waals surface area (Å²) in [6, 6.07) is 4.58. The molecule has 1 aliphatic rings. The maximum Gasteiger partial charge on any atom is 0.223 e. The SMILES string of the molecule is Cc1nc([C@H]2CCCN([C@H](C)c3ccncc3)C2)no1. The van der Waals surface area contributed by atoms with Crippen molar-refractivity contribution in [1.29, 1.82) is 0 Å². The van der Waals surface area contributed by atoms with Gasteiger partial charge in [0.2, 0.25) is 5.89 Å². The first-order valence-electron chi connectivity index (χ1n) is 7.18. The van der Waals surface area contributed by atoms with Crippen LogP contribution in [-0.2, 0) is 0 Å². The summed E-state index contributed by atoms with van der Waals surface area (Å²) in [7, 11) is 0. The number of pyridine rings is 1. The summed E-state index contributed by atoms with van der Waals surface area (Å²) in [5.74, 6) is 1.89. The second-order valence-electron chi connectivity index (χ2n) is 5.46. The number of piperidine rings is 1. The molecule has 0 spiro atoms. The average molecular weight is 272 g/mol. The molecule has 0 N–H and O–H groups in total. The molecule has 0 radical (unpaired) electrons. The average Bonchev–Trinajstić information content (AvgIpc) is 2.94. The van der Waals surface area contributed by atoms with Crippen molar-refractivity contribution in [2.45, 2.75) is 38.6 Å². The summed E-state index contributed by atoms with van der Waals surface area (Å²) in [6.45, 7) is 6.20. The van der Waals surface area contributed by atoms with E-state index in [0.29, 0.717) is 17.9 Å². The van der Waals surface area contributed by atoms with E-state index in [2.05, 4.69) is 39.1 Å². The molecule has 1 fully saturated rings. The van der Waals surface area contributed by atoms with Crippen LogP contribution < -0.4 is 0 Å². The van der Waals surface area contributed by atoms with Gasteiger partial charge < -0.3 is 4.52 Å². The van der Waals surface area contributed by atoms with E-state index in [1.807, 2.05) is 19.3 Å². The minimum absolute atomic E-state index is 0.380. The van der Waals surface area contributed by atoms with Gasteiger partial charge in [0.05, 0.1) is 0 Å². The fraction of sp³-hybridized carbons (Fsp3) is 0.533. The van der Waals surface area contributed by atoms with E-state index in [4.69, 9.17) is 4.52 Å². The van der Waals surface area contributed by atoms with Gasteiger partial charge in [-0.2, -0.15) is 4.98 Å². The standard InChI is InChI=1S/C15H20N4O/c1-11(13-5-7-16-8-6-13)19-9-3-4-14(10-19)15-17-12(2)20-18-15/h5-8,11,14H,3-4,9-10H2,1-2H3/t11-,14+/m1/s1. The zero-order valence-electron chi connectivity index (χ0n) is 12.0. The van der Waals surface area contributed by atoms with Crippen molar-refractivity contribution in [3.63, 3.8) is 0 Å². The van der Waals surface area contributed by atoms with E-state index in [0.717, 1.165) is 25.3 Å². The van der Waals surface area contributed by atoms with Crippen LogP contribution in [0.2, 0.25) is 0 Å². The van der Waals surface area contributed by atoms with Crippen molar-refractivity contribution in [3.05, 3.63) is 41.8 Å². The second kappa shape index (κ2) is 5.71. The number of hydrogen-bond acceptors (Lipinski definition) is 5. The molecule has 1 saturated heterocycles. The van der Waals surface area contributed by atoms with Gasteiger partial charge in [0.1, 0.15) is 0 Å². The van der Waals surface area contributed by atoms with Gasteiger partial charge in [0.15, 0.2) is 5.82 Å². The molecule has 106 valence electrons. The minimum atomic E-state index is 0.380. The Morgan fingerprint density at radius 2 is 2.15 bits per heavy atom. The molecule has 0 bridgehead atoms. The Hall–Kier alpha value is -1.75. The molecule has 3 heterocycles. The van der Waals surface area contributed by atoms with Crippen LogP contribution in [0, 0.1) is 6.92 Å². The Balaban J connectivity index is 1.72. The number of likely N-dealkylation sites (tertiary alicyclic amines) is 1. The molecule has 0 unspecified atom stereocenters. The molecule has 20 heavy (non-hydrogen) atoms. The lowest BCUT2D eigenvalue weighted by atomic mass is 9.95. The Morgan fingerprint density at radius 3 is 2.85 bits per heavy atom. The summed E-state index contributed by atoms with van der Waals surface area (Å²) >= 11 is 0. The van der Waals surface area contributed by atoms with Gasteiger partial charge >= 0.3 is 0 Å². The molecule has 0 amide bonds. The highest BCUT2D eigenvalue weighted by atomic mass is 16.5. The third kappa shape index (κ3) is 2.72. The molecule has 5 heteroatoms. The lowest BCUT2D eigenvalue weighted by molar-refractivity contribution is 0.154. The molecule has 0 aliphatic carbocycles. The third-order valence-electron chi connectivity index (χ3n) is 4.10. The lowest BCUT2D eigenvalue weighted by Gasteiger charge is -2.35. The molecular formula is C15H20N4O. The Bertz CT molecular complexity index is 554. The van der Waals surface area contributed by atoms with Gasteiger partial charge in [0.25, 0.3) is 0 Å². The van der Waals surface area contributed by atoms with Crippen molar-refractivity contribution in [1.82, 2.24) is 20.0 Å². The summed E-state index contributed by atoms with van der Waals surface area (Å²) < 4.78 is 5.11. The molecule has 2 aromatic rings. The number of hydrogen-bond donors (Lipinski definition) is 0. The van der Waals surface area contributed by atoms with E-state index in [1.54, 1.807) is 0 Å². The Kier molecular flexibility index (Phi) is 3.78. The quantitative estimate of drug-likeness (QED) is 0.860. The van der Waals surface area contributed by atoms with Gasteiger partial charge in [-0.3, -0.25) is 9.88 Å². The monoisotopic (exact) mass is 272 g/mol. The van der Waals surface area contributed by atoms with Crippen molar-refractivity contribution in [3.8, 4) is 0 Å². The second-order valence-corrected chi connectivity index (χ2v) is 5.46. The Labute approximate surface area is 119 Å². The summed E-state index contributed by atoms with van der Waals surface area (Å²) in [5.41, 5.74) is 1.31. The van der Waals surface area contributed by atoms with Gasteiger partial charge in [-0.15, -0.1) is 0 Å². The van der Waals surface area contributed by atoms with E-state index in [1.165, 1.54) is 12.0 Å². The number of nitrogens with zero attached hydrogens (tertiary/aromatic N) is 4. The van der Waals surface area contributed by atoms with Crippen molar-refractivity contribution in [2.75, 3.05) is 13.1 Å². The van der Waals surface area contributed by atoms with Crippen LogP contribution >= 0.6 is 0 Å². The number of rotatable bonds is 3. The Morgan fingerprint density at radius 1 is 1.35 bits per heavy atom. The first kappa shape index (κ1) is 13.2. The first-order valence-corrected chi connectivity index (χ1v) is 7.18. The fourth-order valence-corrected chi connectivity index (χ4v) is 2.90. The predicted octanol–water partition coefficient (Wildman–Crippen LogP) is 2.71. The number of aromatic nitrogens is 3. The fourth-order valence-electron chi connectivity index (χ4n) is 2.90. The van der Waals surface area contributed by atoms with Crippen LogP contribution in [0.5, 0.6) is 0 Å². The zero-order valence-corrected chi connectivity index (χ0v) is 12.0. The first-order chi connectivity index (χ1) is 9.74. The van der Waals surface area contributed by atoms with Crippen LogP contribution in [0.15, 0.2) is 29.0 Å². The van der Waals surface area contributed by atoms with Crippen molar-refractivity contribution < 1.29 is 4.52 Å². The molecule has 2 atom stereocenters. The highest BCUT2D eigenvalue weighted by Gasteiger charge is 2.27. The maximum absolute atomic E-state index is 5.11. The van der Waals surface area contributed by atoms with Crippen molar-refractivity contribution >= 4 is 0 Å². The van der Waals surface area contributed by atoms with Gasteiger partial charge in [-0.05, 0) is 44.0 Å². The largest absolute Gasteiger partial charge is 0.340 e. The van der Waals surface area contributed by atoms with Gasteiger partial charge in [-0.1, -0.05) is 5.16 Å². The summed E-state index contributed by atoms with van der Waals surface area (Å²) in [5, 5.41) is 4.08. The lowest BCUT2D eigenvalue weighted by Crippen LogP contribution is -2.36. The van der Waals surface area contributed by atoms with Crippen LogP contribution in [0.3, 0.4) is 0 Å². The highest BCUT2D eigenvalue weighted by molar-refractivity contribution is 5.15. The van der Waals surface area contributed by atoms with E-state index in [9.17, 15) is 0 Å². The summed E-state index contributed by atoms with van der Waals surface area (Å²) in [4.78, 5) is 11.0. The van der Waals surface area contributed by atoms with E-state index in [-0.39, 0.29) is 0 Å². The molecule has 5 nitrogen and oxygen atoms in total. The molecule has 3 rings (SSSR count). The van der Waals surface area contributed by atoms with Crippen LogP contribution in [-0.4, -0.2) is 33.1 Å². The molecule has 2 aromatic heterocycles. The predicted molar refractivity (Wildman–Crippen MR) is 75.2 cm³/mol. The molecular weight excluding hydrogens is 252 g/mol. The van der Waals surface area contributed by atoms with Crippen LogP contribution in [0.4, 0.5) is 0 Å². The molecule has 1 aliphatic heterocycles. The maximum atomic E-state index is 5.11. The number of aryl methyl sites for hydroxylation is 1. The summed E-state index contributed by atoms with van der Waals surface area (Å²) in [6.07, 6.45) is 6.03. The third-order valence-corrected chi connectivity index (χ3v) is 4.10. The van der Waals surface area contributed by atoms with Gasteiger partial charge in [0, 0.05) is 37.8 Å². The smallest absolute Gasteiger partial charge is 0.223 e. The van der Waals surface area contributed by atoms with E-state index >= 15 is 0 Å². The van der Waals surface area contributed by atoms with Crippen LogP contribution in [0.25, 0.3) is 0 Å².